The minimum Gasteiger partial charge on any atom is -0.357 e. The molecule has 0 aliphatic carbocycles. The lowest BCUT2D eigenvalue weighted by Crippen LogP contribution is -2.22. The van der Waals surface area contributed by atoms with Crippen LogP contribution in [0, 0.1) is 6.92 Å². The van der Waals surface area contributed by atoms with E-state index in [9.17, 15) is 4.79 Å². The maximum Gasteiger partial charge on any atom is 0.275 e. The van der Waals surface area contributed by atoms with E-state index in [2.05, 4.69) is 60.4 Å². The van der Waals surface area contributed by atoms with Gasteiger partial charge in [0.1, 0.15) is 0 Å². The average Bonchev–Trinajstić information content (AvgIpc) is 2.99. The van der Waals surface area contributed by atoms with Gasteiger partial charge < -0.3 is 5.32 Å². The predicted octanol–water partition coefficient (Wildman–Crippen LogP) is 3.85. The number of nitrogens with one attached hydrogen (secondary N) is 1. The summed E-state index contributed by atoms with van der Waals surface area (Å²) in [5, 5.41) is 8.62. The van der Waals surface area contributed by atoms with Crippen molar-refractivity contribution in [1.82, 2.24) is 14.6 Å². The molecule has 132 valence electrons. The van der Waals surface area contributed by atoms with E-state index < -0.39 is 0 Å². The standard InChI is InChI=1S/C19H24N4OS/c1-4-6-16-12-17(24)23-19(21-16)25-18(22-23)20-15(5-2)11-14-9-7-13(3)8-10-14/h7-10,12,15H,4-6,11H2,1-3H3,(H,20,22). The van der Waals surface area contributed by atoms with Crippen LogP contribution in [0.25, 0.3) is 4.96 Å². The van der Waals surface area contributed by atoms with Gasteiger partial charge in [0, 0.05) is 17.8 Å². The van der Waals surface area contributed by atoms with E-state index in [1.165, 1.54) is 27.0 Å². The molecule has 1 atom stereocenters. The molecule has 1 unspecified atom stereocenters. The minimum absolute atomic E-state index is 0.107. The molecule has 25 heavy (non-hydrogen) atoms. The van der Waals surface area contributed by atoms with Crippen molar-refractivity contribution in [3.63, 3.8) is 0 Å². The van der Waals surface area contributed by atoms with E-state index in [1.807, 2.05) is 0 Å². The minimum atomic E-state index is -0.107. The van der Waals surface area contributed by atoms with Crippen molar-refractivity contribution in [2.75, 3.05) is 5.32 Å². The fourth-order valence-corrected chi connectivity index (χ4v) is 3.68. The van der Waals surface area contributed by atoms with E-state index in [-0.39, 0.29) is 11.6 Å². The maximum absolute atomic E-state index is 12.2. The van der Waals surface area contributed by atoms with E-state index in [1.54, 1.807) is 6.07 Å². The van der Waals surface area contributed by atoms with E-state index in [4.69, 9.17) is 0 Å². The molecule has 0 saturated heterocycles. The van der Waals surface area contributed by atoms with Crippen molar-refractivity contribution in [1.29, 1.82) is 0 Å². The zero-order chi connectivity index (χ0) is 17.8. The topological polar surface area (TPSA) is 59.3 Å². The summed E-state index contributed by atoms with van der Waals surface area (Å²) in [5.74, 6) is 0. The van der Waals surface area contributed by atoms with Crippen LogP contribution in [0.2, 0.25) is 0 Å². The number of aromatic nitrogens is 3. The second-order valence-corrected chi connectivity index (χ2v) is 7.33. The third-order valence-corrected chi connectivity index (χ3v) is 5.07. The molecule has 0 bridgehead atoms. The Bertz CT molecular complexity index is 898. The fourth-order valence-electron chi connectivity index (χ4n) is 2.78. The molecule has 1 N–H and O–H groups in total. The van der Waals surface area contributed by atoms with Gasteiger partial charge in [-0.15, -0.1) is 5.10 Å². The van der Waals surface area contributed by atoms with Crippen LogP contribution in [0.4, 0.5) is 5.13 Å². The molecule has 1 aromatic carbocycles. The van der Waals surface area contributed by atoms with Crippen LogP contribution in [0.1, 0.15) is 43.5 Å². The Balaban J connectivity index is 1.79. The Morgan fingerprint density at radius 3 is 2.68 bits per heavy atom. The van der Waals surface area contributed by atoms with Gasteiger partial charge in [0.05, 0.1) is 0 Å². The zero-order valence-electron chi connectivity index (χ0n) is 15.0. The first-order valence-corrected chi connectivity index (χ1v) is 9.62. The summed E-state index contributed by atoms with van der Waals surface area (Å²) in [6.45, 7) is 6.33. The first kappa shape index (κ1) is 17.6. The highest BCUT2D eigenvalue weighted by atomic mass is 32.1. The second-order valence-electron chi connectivity index (χ2n) is 6.38. The molecule has 0 fully saturated rings. The molecule has 5 nitrogen and oxygen atoms in total. The first-order chi connectivity index (χ1) is 12.1. The summed E-state index contributed by atoms with van der Waals surface area (Å²) in [7, 11) is 0. The van der Waals surface area contributed by atoms with Crippen molar-refractivity contribution in [3.05, 3.63) is 57.5 Å². The predicted molar refractivity (Wildman–Crippen MR) is 104 cm³/mol. The lowest BCUT2D eigenvalue weighted by molar-refractivity contribution is 0.686. The van der Waals surface area contributed by atoms with Gasteiger partial charge in [-0.2, -0.15) is 4.52 Å². The van der Waals surface area contributed by atoms with Crippen molar-refractivity contribution in [2.45, 2.75) is 52.5 Å². The maximum atomic E-state index is 12.2. The largest absolute Gasteiger partial charge is 0.357 e. The Morgan fingerprint density at radius 1 is 1.24 bits per heavy atom. The van der Waals surface area contributed by atoms with E-state index in [0.717, 1.165) is 36.5 Å². The number of hydrogen-bond donors (Lipinski definition) is 1. The molecule has 0 saturated carbocycles. The van der Waals surface area contributed by atoms with Gasteiger partial charge in [0.2, 0.25) is 10.1 Å². The summed E-state index contributed by atoms with van der Waals surface area (Å²) < 4.78 is 1.39. The van der Waals surface area contributed by atoms with Crippen LogP contribution in [-0.4, -0.2) is 20.6 Å². The normalized spacial score (nSPS) is 12.4. The SMILES string of the molecule is CCCc1cc(=O)n2nc(NC(CC)Cc3ccc(C)cc3)sc2n1. The van der Waals surface area contributed by atoms with Crippen LogP contribution in [0.3, 0.4) is 0 Å². The third kappa shape index (κ3) is 4.25. The highest BCUT2D eigenvalue weighted by molar-refractivity contribution is 7.20. The number of aryl methyl sites for hydroxylation is 2. The van der Waals surface area contributed by atoms with Gasteiger partial charge in [0.15, 0.2) is 0 Å². The Kier molecular flexibility index (Phi) is 5.48. The fraction of sp³-hybridized carbons (Fsp3) is 0.421. The molecule has 0 radical (unpaired) electrons. The average molecular weight is 356 g/mol. The molecule has 3 aromatic rings. The Morgan fingerprint density at radius 2 is 2.00 bits per heavy atom. The Labute approximate surface area is 151 Å². The smallest absolute Gasteiger partial charge is 0.275 e. The van der Waals surface area contributed by atoms with Crippen molar-refractivity contribution in [3.8, 4) is 0 Å². The van der Waals surface area contributed by atoms with Gasteiger partial charge in [-0.05, 0) is 31.7 Å². The van der Waals surface area contributed by atoms with Crippen LogP contribution < -0.4 is 10.9 Å². The van der Waals surface area contributed by atoms with E-state index >= 15 is 0 Å². The molecule has 0 aliphatic rings. The lowest BCUT2D eigenvalue weighted by Gasteiger charge is -2.16. The number of hydrogen-bond acceptors (Lipinski definition) is 5. The molecule has 0 aliphatic heterocycles. The second kappa shape index (κ2) is 7.78. The quantitative estimate of drug-likeness (QED) is 0.699. The number of nitrogens with zero attached hydrogens (tertiary/aromatic N) is 3. The van der Waals surface area contributed by atoms with Gasteiger partial charge in [-0.3, -0.25) is 4.79 Å². The molecule has 0 amide bonds. The van der Waals surface area contributed by atoms with Gasteiger partial charge in [-0.25, -0.2) is 4.98 Å². The van der Waals surface area contributed by atoms with Crippen LogP contribution in [0.15, 0.2) is 35.1 Å². The van der Waals surface area contributed by atoms with Gasteiger partial charge >= 0.3 is 0 Å². The highest BCUT2D eigenvalue weighted by Crippen LogP contribution is 2.20. The first-order valence-electron chi connectivity index (χ1n) is 8.81. The molecule has 3 rings (SSSR count). The Hall–Kier alpha value is -2.21. The molecule has 2 aromatic heterocycles. The van der Waals surface area contributed by atoms with Crippen molar-refractivity contribution >= 4 is 21.4 Å². The molecule has 2 heterocycles. The highest BCUT2D eigenvalue weighted by Gasteiger charge is 2.13. The summed E-state index contributed by atoms with van der Waals surface area (Å²) in [6.07, 6.45) is 3.70. The summed E-state index contributed by atoms with van der Waals surface area (Å²) in [6, 6.07) is 10.5. The van der Waals surface area contributed by atoms with Crippen LogP contribution in [0.5, 0.6) is 0 Å². The van der Waals surface area contributed by atoms with Gasteiger partial charge in [-0.1, -0.05) is 61.4 Å². The van der Waals surface area contributed by atoms with E-state index in [0.29, 0.717) is 4.96 Å². The molecular formula is C19H24N4OS. The van der Waals surface area contributed by atoms with Crippen molar-refractivity contribution in [2.24, 2.45) is 0 Å². The van der Waals surface area contributed by atoms with Gasteiger partial charge in [0.25, 0.3) is 5.56 Å². The molecular weight excluding hydrogens is 332 g/mol. The summed E-state index contributed by atoms with van der Waals surface area (Å²) >= 11 is 1.44. The zero-order valence-corrected chi connectivity index (χ0v) is 15.8. The summed E-state index contributed by atoms with van der Waals surface area (Å²) in [5.41, 5.74) is 3.30. The number of rotatable bonds is 7. The number of benzene rings is 1. The monoisotopic (exact) mass is 356 g/mol. The van der Waals surface area contributed by atoms with Crippen LogP contribution in [-0.2, 0) is 12.8 Å². The van der Waals surface area contributed by atoms with Crippen molar-refractivity contribution < 1.29 is 0 Å². The molecule has 6 heteroatoms. The van der Waals surface area contributed by atoms with Crippen LogP contribution >= 0.6 is 11.3 Å². The number of fused-ring (bicyclic) bond motifs is 1. The lowest BCUT2D eigenvalue weighted by atomic mass is 10.0. The third-order valence-electron chi connectivity index (χ3n) is 4.23. The molecule has 0 spiro atoms. The number of anilines is 1. The summed E-state index contributed by atoms with van der Waals surface area (Å²) in [4.78, 5) is 17.4.